The normalized spacial score (nSPS) is 18.8. The predicted molar refractivity (Wildman–Crippen MR) is 119 cm³/mol. The van der Waals surface area contributed by atoms with Gasteiger partial charge in [0.15, 0.2) is 5.76 Å². The minimum absolute atomic E-state index is 0.0158. The molecule has 174 valence electrons. The van der Waals surface area contributed by atoms with Gasteiger partial charge in [0, 0.05) is 12.6 Å². The first-order valence-electron chi connectivity index (χ1n) is 10.7. The van der Waals surface area contributed by atoms with Crippen LogP contribution < -0.4 is 10.6 Å². The number of carbonyl (C=O) groups excluding carboxylic acids is 2. The molecule has 3 rings (SSSR count). The standard InChI is InChI=1S/C23H29ClFN3O4/c1-13-18(20(32-28-13)19-16(24)9-6-10-17(19)25)21(29)27-15-8-5-7-14(11-15)12-26-22(30)31-23(2,3)4/h6,9-10,14-15H,5,7-8,11-12H2,1-4H3,(H,26,30)(H,27,29). The molecule has 0 spiro atoms. The van der Waals surface area contributed by atoms with E-state index in [1.165, 1.54) is 18.2 Å². The minimum Gasteiger partial charge on any atom is -0.444 e. The van der Waals surface area contributed by atoms with Crippen LogP contribution in [0.1, 0.15) is 62.5 Å². The van der Waals surface area contributed by atoms with E-state index in [4.69, 9.17) is 20.9 Å². The largest absolute Gasteiger partial charge is 0.444 e. The maximum atomic E-state index is 14.4. The Hall–Kier alpha value is -2.61. The van der Waals surface area contributed by atoms with Crippen molar-refractivity contribution in [3.63, 3.8) is 0 Å². The molecule has 2 unspecified atom stereocenters. The number of nitrogens with one attached hydrogen (secondary N) is 2. The van der Waals surface area contributed by atoms with Crippen LogP contribution in [0.5, 0.6) is 0 Å². The summed E-state index contributed by atoms with van der Waals surface area (Å²) in [4.78, 5) is 25.0. The van der Waals surface area contributed by atoms with Crippen molar-refractivity contribution >= 4 is 23.6 Å². The zero-order valence-corrected chi connectivity index (χ0v) is 19.5. The van der Waals surface area contributed by atoms with E-state index in [1.807, 2.05) is 20.8 Å². The molecule has 9 heteroatoms. The maximum Gasteiger partial charge on any atom is 0.407 e. The number of ether oxygens (including phenoxy) is 1. The van der Waals surface area contributed by atoms with Crippen LogP contribution in [0.25, 0.3) is 11.3 Å². The van der Waals surface area contributed by atoms with Crippen LogP contribution in [0, 0.1) is 18.7 Å². The molecular weight excluding hydrogens is 437 g/mol. The second kappa shape index (κ2) is 9.90. The highest BCUT2D eigenvalue weighted by molar-refractivity contribution is 6.33. The molecule has 1 saturated carbocycles. The molecule has 0 saturated heterocycles. The Labute approximate surface area is 192 Å². The van der Waals surface area contributed by atoms with Crippen molar-refractivity contribution in [1.82, 2.24) is 15.8 Å². The SMILES string of the molecule is Cc1noc(-c2c(F)cccc2Cl)c1C(=O)NC1CCCC(CNC(=O)OC(C)(C)C)C1. The summed E-state index contributed by atoms with van der Waals surface area (Å²) in [5.74, 6) is -0.745. The Morgan fingerprint density at radius 2 is 2.06 bits per heavy atom. The summed E-state index contributed by atoms with van der Waals surface area (Å²) in [5, 5.41) is 9.83. The van der Waals surface area contributed by atoms with Crippen LogP contribution in [0.4, 0.5) is 9.18 Å². The monoisotopic (exact) mass is 465 g/mol. The van der Waals surface area contributed by atoms with E-state index in [9.17, 15) is 14.0 Å². The van der Waals surface area contributed by atoms with E-state index in [2.05, 4.69) is 15.8 Å². The number of amides is 2. The van der Waals surface area contributed by atoms with Gasteiger partial charge in [0.1, 0.15) is 17.0 Å². The molecule has 2 atom stereocenters. The Morgan fingerprint density at radius 3 is 2.75 bits per heavy atom. The van der Waals surface area contributed by atoms with Crippen molar-refractivity contribution < 1.29 is 23.2 Å². The third kappa shape index (κ3) is 6.00. The van der Waals surface area contributed by atoms with Crippen molar-refractivity contribution in [3.05, 3.63) is 40.3 Å². The van der Waals surface area contributed by atoms with E-state index in [1.54, 1.807) is 6.92 Å². The molecule has 1 aliphatic carbocycles. The number of aryl methyl sites for hydroxylation is 1. The molecule has 1 aromatic heterocycles. The van der Waals surface area contributed by atoms with E-state index in [0.717, 1.165) is 19.3 Å². The quantitative estimate of drug-likeness (QED) is 0.628. The van der Waals surface area contributed by atoms with Crippen LogP contribution in [0.15, 0.2) is 22.7 Å². The molecule has 1 heterocycles. The molecule has 1 aliphatic rings. The smallest absolute Gasteiger partial charge is 0.407 e. The average Bonchev–Trinajstić information content (AvgIpc) is 3.06. The molecule has 2 aromatic rings. The first-order chi connectivity index (χ1) is 15.0. The molecule has 32 heavy (non-hydrogen) atoms. The number of carbonyl (C=O) groups is 2. The third-order valence-electron chi connectivity index (χ3n) is 5.33. The molecule has 0 bridgehead atoms. The molecule has 2 N–H and O–H groups in total. The van der Waals surface area contributed by atoms with Gasteiger partial charge in [0.25, 0.3) is 5.91 Å². The number of hydrogen-bond donors (Lipinski definition) is 2. The predicted octanol–water partition coefficient (Wildman–Crippen LogP) is 5.26. The number of aromatic nitrogens is 1. The molecule has 0 radical (unpaired) electrons. The fourth-order valence-corrected chi connectivity index (χ4v) is 4.18. The lowest BCUT2D eigenvalue weighted by Crippen LogP contribution is -2.42. The zero-order chi connectivity index (χ0) is 23.5. The van der Waals surface area contributed by atoms with Crippen molar-refractivity contribution in [1.29, 1.82) is 0 Å². The van der Waals surface area contributed by atoms with Gasteiger partial charge >= 0.3 is 6.09 Å². The van der Waals surface area contributed by atoms with Crippen molar-refractivity contribution in [2.24, 2.45) is 5.92 Å². The minimum atomic E-state index is -0.589. The van der Waals surface area contributed by atoms with Gasteiger partial charge in [-0.25, -0.2) is 9.18 Å². The van der Waals surface area contributed by atoms with Gasteiger partial charge in [-0.15, -0.1) is 0 Å². The van der Waals surface area contributed by atoms with E-state index in [0.29, 0.717) is 18.7 Å². The Bertz CT molecular complexity index is 966. The van der Waals surface area contributed by atoms with E-state index < -0.39 is 17.5 Å². The summed E-state index contributed by atoms with van der Waals surface area (Å²) >= 11 is 6.16. The average molecular weight is 466 g/mol. The van der Waals surface area contributed by atoms with Crippen LogP contribution in [0.3, 0.4) is 0 Å². The summed E-state index contributed by atoms with van der Waals surface area (Å²) in [6, 6.07) is 4.19. The van der Waals surface area contributed by atoms with Crippen LogP contribution in [-0.4, -0.2) is 35.3 Å². The molecule has 7 nitrogen and oxygen atoms in total. The van der Waals surface area contributed by atoms with Gasteiger partial charge in [0.2, 0.25) is 0 Å². The third-order valence-corrected chi connectivity index (χ3v) is 5.65. The second-order valence-electron chi connectivity index (χ2n) is 9.15. The highest BCUT2D eigenvalue weighted by Gasteiger charge is 2.29. The number of alkyl carbamates (subject to hydrolysis) is 1. The fraction of sp³-hybridized carbons (Fsp3) is 0.522. The molecule has 0 aliphatic heterocycles. The number of rotatable bonds is 5. The first kappa shape index (κ1) is 24.0. The van der Waals surface area contributed by atoms with Crippen LogP contribution in [-0.2, 0) is 4.74 Å². The van der Waals surface area contributed by atoms with E-state index >= 15 is 0 Å². The van der Waals surface area contributed by atoms with Gasteiger partial charge < -0.3 is 19.9 Å². The lowest BCUT2D eigenvalue weighted by Gasteiger charge is -2.30. The highest BCUT2D eigenvalue weighted by Crippen LogP contribution is 2.34. The first-order valence-corrected chi connectivity index (χ1v) is 11.1. The summed E-state index contributed by atoms with van der Waals surface area (Å²) in [6.07, 6.45) is 2.94. The summed E-state index contributed by atoms with van der Waals surface area (Å²) in [5.41, 5.74) is -0.00701. The Kier molecular flexibility index (Phi) is 7.44. The molecule has 1 fully saturated rings. The molecule has 2 amide bonds. The van der Waals surface area contributed by atoms with Gasteiger partial charge in [0.05, 0.1) is 16.3 Å². The summed E-state index contributed by atoms with van der Waals surface area (Å²) < 4.78 is 25.0. The Morgan fingerprint density at radius 1 is 1.31 bits per heavy atom. The fourth-order valence-electron chi connectivity index (χ4n) is 3.93. The number of benzene rings is 1. The Balaban J connectivity index is 1.65. The van der Waals surface area contributed by atoms with Gasteiger partial charge in [-0.2, -0.15) is 0 Å². The lowest BCUT2D eigenvalue weighted by molar-refractivity contribution is 0.0512. The maximum absolute atomic E-state index is 14.4. The zero-order valence-electron chi connectivity index (χ0n) is 18.8. The topological polar surface area (TPSA) is 93.5 Å². The van der Waals surface area contributed by atoms with Gasteiger partial charge in [-0.05, 0) is 65.0 Å². The van der Waals surface area contributed by atoms with E-state index in [-0.39, 0.29) is 39.8 Å². The second-order valence-corrected chi connectivity index (χ2v) is 9.56. The highest BCUT2D eigenvalue weighted by atomic mass is 35.5. The molecular formula is C23H29ClFN3O4. The lowest BCUT2D eigenvalue weighted by atomic mass is 9.85. The summed E-state index contributed by atoms with van der Waals surface area (Å²) in [7, 11) is 0. The van der Waals surface area contributed by atoms with Gasteiger partial charge in [-0.1, -0.05) is 29.2 Å². The van der Waals surface area contributed by atoms with Crippen molar-refractivity contribution in [3.8, 4) is 11.3 Å². The number of nitrogens with zero attached hydrogens (tertiary/aromatic N) is 1. The number of hydrogen-bond acceptors (Lipinski definition) is 5. The van der Waals surface area contributed by atoms with Crippen LogP contribution in [0.2, 0.25) is 5.02 Å². The summed E-state index contributed by atoms with van der Waals surface area (Å²) in [6.45, 7) is 7.55. The number of halogens is 2. The molecule has 1 aromatic carbocycles. The van der Waals surface area contributed by atoms with Crippen LogP contribution >= 0.6 is 11.6 Å². The van der Waals surface area contributed by atoms with Gasteiger partial charge in [-0.3, -0.25) is 4.79 Å². The van der Waals surface area contributed by atoms with Crippen molar-refractivity contribution in [2.75, 3.05) is 6.54 Å². The van der Waals surface area contributed by atoms with Crippen molar-refractivity contribution in [2.45, 2.75) is 65.0 Å².